The third-order valence-electron chi connectivity index (χ3n) is 5.36. The van der Waals surface area contributed by atoms with Gasteiger partial charge in [0, 0.05) is 19.8 Å². The van der Waals surface area contributed by atoms with Crippen molar-refractivity contribution in [2.24, 2.45) is 17.8 Å². The van der Waals surface area contributed by atoms with E-state index in [9.17, 15) is 0 Å². The maximum absolute atomic E-state index is 5.19. The monoisotopic (exact) mass is 281 g/mol. The van der Waals surface area contributed by atoms with Gasteiger partial charge in [0.2, 0.25) is 0 Å². The van der Waals surface area contributed by atoms with Gasteiger partial charge in [-0.2, -0.15) is 0 Å². The Bertz CT molecular complexity index is 252. The van der Waals surface area contributed by atoms with Crippen LogP contribution in [0, 0.1) is 17.8 Å². The largest absolute Gasteiger partial charge is 0.385 e. The van der Waals surface area contributed by atoms with Crippen LogP contribution in [0.1, 0.15) is 71.1 Å². The first-order chi connectivity index (χ1) is 9.83. The number of unbranched alkanes of at least 4 members (excludes halogenated alkanes) is 1. The molecule has 2 aliphatic carbocycles. The number of methoxy groups -OCH3 is 1. The lowest BCUT2D eigenvalue weighted by Crippen LogP contribution is -2.34. The minimum absolute atomic E-state index is 0.873. The third kappa shape index (κ3) is 5.73. The zero-order chi connectivity index (χ0) is 14.2. The topological polar surface area (TPSA) is 21.3 Å². The molecule has 118 valence electrons. The summed E-state index contributed by atoms with van der Waals surface area (Å²) in [5.74, 6) is 2.94. The lowest BCUT2D eigenvalue weighted by molar-refractivity contribution is 0.147. The molecule has 0 spiro atoms. The molecule has 1 N–H and O–H groups in total. The third-order valence-corrected chi connectivity index (χ3v) is 5.36. The van der Waals surface area contributed by atoms with Gasteiger partial charge in [-0.25, -0.2) is 0 Å². The Labute approximate surface area is 126 Å². The summed E-state index contributed by atoms with van der Waals surface area (Å²) >= 11 is 0. The Hall–Kier alpha value is -0.0800. The van der Waals surface area contributed by atoms with E-state index in [-0.39, 0.29) is 0 Å². The van der Waals surface area contributed by atoms with Crippen molar-refractivity contribution in [1.29, 1.82) is 0 Å². The molecule has 0 bridgehead atoms. The molecule has 0 aromatic carbocycles. The van der Waals surface area contributed by atoms with Crippen molar-refractivity contribution in [2.75, 3.05) is 20.3 Å². The summed E-state index contributed by atoms with van der Waals surface area (Å²) in [5, 5.41) is 3.78. The summed E-state index contributed by atoms with van der Waals surface area (Å²) < 4.78 is 5.19. The minimum atomic E-state index is 0.873. The minimum Gasteiger partial charge on any atom is -0.385 e. The van der Waals surface area contributed by atoms with Gasteiger partial charge in [-0.05, 0) is 56.4 Å². The van der Waals surface area contributed by atoms with E-state index in [4.69, 9.17) is 4.74 Å². The molecule has 3 atom stereocenters. The first-order valence-electron chi connectivity index (χ1n) is 9.05. The van der Waals surface area contributed by atoms with Crippen LogP contribution in [0.15, 0.2) is 0 Å². The summed E-state index contributed by atoms with van der Waals surface area (Å²) in [5.41, 5.74) is 0. The van der Waals surface area contributed by atoms with Gasteiger partial charge in [-0.1, -0.05) is 39.0 Å². The molecule has 0 saturated heterocycles. The average Bonchev–Trinajstić information content (AvgIpc) is 3.27. The molecule has 2 aliphatic rings. The zero-order valence-electron chi connectivity index (χ0n) is 13.7. The van der Waals surface area contributed by atoms with E-state index in [0.29, 0.717) is 0 Å². The van der Waals surface area contributed by atoms with Gasteiger partial charge in [0.25, 0.3) is 0 Å². The van der Waals surface area contributed by atoms with Crippen LogP contribution in [-0.4, -0.2) is 26.3 Å². The fourth-order valence-corrected chi connectivity index (χ4v) is 3.98. The molecule has 2 nitrogen and oxygen atoms in total. The molecule has 0 aromatic heterocycles. The Balaban J connectivity index is 1.73. The zero-order valence-corrected chi connectivity index (χ0v) is 13.7. The molecule has 2 fully saturated rings. The predicted molar refractivity (Wildman–Crippen MR) is 86.0 cm³/mol. The first kappa shape index (κ1) is 16.3. The van der Waals surface area contributed by atoms with Crippen molar-refractivity contribution in [2.45, 2.75) is 77.2 Å². The molecular formula is C18H35NO. The van der Waals surface area contributed by atoms with E-state index in [2.05, 4.69) is 12.2 Å². The van der Waals surface area contributed by atoms with E-state index < -0.39 is 0 Å². The van der Waals surface area contributed by atoms with Gasteiger partial charge in [0.15, 0.2) is 0 Å². The van der Waals surface area contributed by atoms with Crippen LogP contribution in [0.5, 0.6) is 0 Å². The highest BCUT2D eigenvalue weighted by molar-refractivity contribution is 4.86. The Morgan fingerprint density at radius 2 is 1.85 bits per heavy atom. The fourth-order valence-electron chi connectivity index (χ4n) is 3.98. The molecule has 3 unspecified atom stereocenters. The van der Waals surface area contributed by atoms with Gasteiger partial charge in [0.1, 0.15) is 0 Å². The summed E-state index contributed by atoms with van der Waals surface area (Å²) in [4.78, 5) is 0. The van der Waals surface area contributed by atoms with Gasteiger partial charge in [0.05, 0.1) is 0 Å². The number of hydrogen-bond acceptors (Lipinski definition) is 2. The highest BCUT2D eigenvalue weighted by Crippen LogP contribution is 2.38. The molecule has 0 aromatic rings. The van der Waals surface area contributed by atoms with Gasteiger partial charge in [-0.15, -0.1) is 0 Å². The van der Waals surface area contributed by atoms with Gasteiger partial charge < -0.3 is 10.1 Å². The van der Waals surface area contributed by atoms with Crippen molar-refractivity contribution in [3.63, 3.8) is 0 Å². The normalized spacial score (nSPS) is 30.6. The molecular weight excluding hydrogens is 246 g/mol. The first-order valence-corrected chi connectivity index (χ1v) is 9.05. The van der Waals surface area contributed by atoms with Crippen LogP contribution in [0.25, 0.3) is 0 Å². The fraction of sp³-hybridized carbons (Fsp3) is 1.00. The van der Waals surface area contributed by atoms with E-state index in [0.717, 1.165) is 30.4 Å². The molecule has 0 amide bonds. The quantitative estimate of drug-likeness (QED) is 0.600. The van der Waals surface area contributed by atoms with Gasteiger partial charge >= 0.3 is 0 Å². The van der Waals surface area contributed by atoms with Crippen LogP contribution >= 0.6 is 0 Å². The van der Waals surface area contributed by atoms with Crippen LogP contribution in [0.4, 0.5) is 0 Å². The highest BCUT2D eigenvalue weighted by Gasteiger charge is 2.31. The average molecular weight is 281 g/mol. The van der Waals surface area contributed by atoms with Crippen molar-refractivity contribution >= 4 is 0 Å². The summed E-state index contributed by atoms with van der Waals surface area (Å²) in [7, 11) is 1.82. The lowest BCUT2D eigenvalue weighted by Gasteiger charge is -2.36. The molecule has 0 radical (unpaired) electrons. The summed E-state index contributed by atoms with van der Waals surface area (Å²) in [6, 6.07) is 0.873. The standard InChI is InChI=1S/C18H35NO/c1-3-6-15-8-9-17(14-19-18-10-11-18)16(13-15)7-4-5-12-20-2/h15-19H,3-14H2,1-2H3. The number of ether oxygens (including phenoxy) is 1. The Kier molecular flexibility index (Phi) is 7.37. The van der Waals surface area contributed by atoms with Crippen LogP contribution in [0.2, 0.25) is 0 Å². The Morgan fingerprint density at radius 3 is 2.55 bits per heavy atom. The van der Waals surface area contributed by atoms with Crippen molar-refractivity contribution in [3.8, 4) is 0 Å². The SMILES string of the molecule is CCCC1CCC(CNC2CC2)C(CCCCOC)C1. The van der Waals surface area contributed by atoms with E-state index in [1.807, 2.05) is 7.11 Å². The second-order valence-electron chi connectivity index (χ2n) is 7.16. The van der Waals surface area contributed by atoms with Crippen LogP contribution < -0.4 is 5.32 Å². The lowest BCUT2D eigenvalue weighted by atomic mass is 9.71. The highest BCUT2D eigenvalue weighted by atomic mass is 16.5. The molecule has 20 heavy (non-hydrogen) atoms. The molecule has 2 rings (SSSR count). The van der Waals surface area contributed by atoms with Crippen molar-refractivity contribution in [1.82, 2.24) is 5.32 Å². The Morgan fingerprint density at radius 1 is 1.00 bits per heavy atom. The second kappa shape index (κ2) is 9.04. The number of hydrogen-bond donors (Lipinski definition) is 1. The van der Waals surface area contributed by atoms with E-state index >= 15 is 0 Å². The van der Waals surface area contributed by atoms with Crippen molar-refractivity contribution < 1.29 is 4.74 Å². The van der Waals surface area contributed by atoms with Crippen LogP contribution in [-0.2, 0) is 4.74 Å². The summed E-state index contributed by atoms with van der Waals surface area (Å²) in [6.07, 6.45) is 14.2. The van der Waals surface area contributed by atoms with Gasteiger partial charge in [-0.3, -0.25) is 0 Å². The predicted octanol–water partition coefficient (Wildman–Crippen LogP) is 4.39. The maximum Gasteiger partial charge on any atom is 0.0462 e. The number of nitrogens with one attached hydrogen (secondary N) is 1. The smallest absolute Gasteiger partial charge is 0.0462 e. The molecule has 0 aliphatic heterocycles. The second-order valence-corrected chi connectivity index (χ2v) is 7.16. The maximum atomic E-state index is 5.19. The molecule has 2 heteroatoms. The van der Waals surface area contributed by atoms with E-state index in [1.165, 1.54) is 70.8 Å². The van der Waals surface area contributed by atoms with Crippen molar-refractivity contribution in [3.05, 3.63) is 0 Å². The van der Waals surface area contributed by atoms with E-state index in [1.54, 1.807) is 0 Å². The molecule has 2 saturated carbocycles. The summed E-state index contributed by atoms with van der Waals surface area (Å²) in [6.45, 7) is 4.57. The molecule has 0 heterocycles. The number of rotatable bonds is 10. The van der Waals surface area contributed by atoms with Crippen LogP contribution in [0.3, 0.4) is 0 Å².